The number of nitrogens with one attached hydrogen (secondary N) is 2. The molecule has 0 saturated carbocycles. The third-order valence-corrected chi connectivity index (χ3v) is 1.36. The van der Waals surface area contributed by atoms with Gasteiger partial charge in [0.25, 0.3) is 0 Å². The smallest absolute Gasteiger partial charge is 0.320 e. The molecule has 0 aromatic heterocycles. The topological polar surface area (TPSA) is 126 Å². The molecule has 0 rings (SSSR count). The van der Waals surface area contributed by atoms with Crippen LogP contribution in [0.3, 0.4) is 0 Å². The molecule has 0 aromatic carbocycles. The first kappa shape index (κ1) is 15.6. The number of hydrazine groups is 2. The second kappa shape index (κ2) is 10.2. The van der Waals surface area contributed by atoms with E-state index >= 15 is 0 Å². The highest BCUT2D eigenvalue weighted by Gasteiger charge is 2.09. The molecule has 0 spiro atoms. The van der Waals surface area contributed by atoms with Crippen molar-refractivity contribution in [2.45, 2.75) is 18.9 Å². The molecule has 0 aromatic rings. The maximum absolute atomic E-state index is 10.3. The summed E-state index contributed by atoms with van der Waals surface area (Å²) in [6.07, 6.45) is 2.45. The Morgan fingerprint density at radius 2 is 2.29 bits per heavy atom. The van der Waals surface area contributed by atoms with E-state index in [1.54, 1.807) is 0 Å². The largest absolute Gasteiger partial charge is 0.480 e. The van der Waals surface area contributed by atoms with Gasteiger partial charge in [0.05, 0.1) is 6.34 Å². The van der Waals surface area contributed by atoms with Crippen LogP contribution in [-0.4, -0.2) is 30.0 Å². The monoisotopic (exact) mass is 225 g/mol. The third kappa shape index (κ3) is 9.20. The normalized spacial score (nSPS) is 12.1. The molecule has 0 aliphatic rings. The first-order valence-electron chi connectivity index (χ1n) is 3.86. The Morgan fingerprint density at radius 3 is 2.79 bits per heavy atom. The summed E-state index contributed by atoms with van der Waals surface area (Å²) in [6.45, 7) is 0.523. The number of aliphatic imine (C=N–C) groups is 1. The van der Waals surface area contributed by atoms with Gasteiger partial charge >= 0.3 is 5.97 Å². The van der Waals surface area contributed by atoms with E-state index in [0.717, 1.165) is 0 Å². The fraction of sp³-hybridized carbons (Fsp3) is 0.667. The van der Waals surface area contributed by atoms with Crippen molar-refractivity contribution in [3.8, 4) is 0 Å². The summed E-state index contributed by atoms with van der Waals surface area (Å²) >= 11 is 0. The van der Waals surface area contributed by atoms with Gasteiger partial charge in [0.2, 0.25) is 0 Å². The number of nitrogens with zero attached hydrogens (tertiary/aromatic N) is 1. The van der Waals surface area contributed by atoms with Crippen molar-refractivity contribution >= 4 is 24.7 Å². The van der Waals surface area contributed by atoms with Crippen LogP contribution in [0.15, 0.2) is 4.99 Å². The maximum atomic E-state index is 10.3. The molecule has 0 radical (unpaired) electrons. The predicted octanol–water partition coefficient (Wildman–Crippen LogP) is -1.40. The van der Waals surface area contributed by atoms with Gasteiger partial charge in [0.1, 0.15) is 6.04 Å². The molecule has 84 valence electrons. The molecular weight excluding hydrogens is 210 g/mol. The number of carboxylic acids is 1. The SMILES string of the molecule is Cl.NNNC=NCCCC(N)C(=O)O. The van der Waals surface area contributed by atoms with E-state index in [1.165, 1.54) is 6.34 Å². The zero-order chi connectivity index (χ0) is 10.1. The molecule has 0 aliphatic carbocycles. The summed E-state index contributed by atoms with van der Waals surface area (Å²) in [5.74, 6) is 3.90. The van der Waals surface area contributed by atoms with Gasteiger partial charge in [0, 0.05) is 6.54 Å². The zero-order valence-corrected chi connectivity index (χ0v) is 8.46. The number of aliphatic carboxylic acids is 1. The number of hydrogen-bond donors (Lipinski definition) is 5. The van der Waals surface area contributed by atoms with Gasteiger partial charge in [-0.2, -0.15) is 5.53 Å². The minimum Gasteiger partial charge on any atom is -0.480 e. The molecule has 7 N–H and O–H groups in total. The Bertz CT molecular complexity index is 178. The maximum Gasteiger partial charge on any atom is 0.320 e. The number of halogens is 1. The minimum absolute atomic E-state index is 0. The lowest BCUT2D eigenvalue weighted by Crippen LogP contribution is -2.36. The van der Waals surface area contributed by atoms with Gasteiger partial charge in [0.15, 0.2) is 0 Å². The van der Waals surface area contributed by atoms with Crippen molar-refractivity contribution in [2.75, 3.05) is 6.54 Å². The standard InChI is InChI=1S/C6H15N5O2.ClH/c7-5(6(12)13)2-1-3-9-4-10-11-8;/h4-5,11H,1-3,7-8H2,(H,9,10)(H,12,13);1H. The van der Waals surface area contributed by atoms with Crippen LogP contribution in [-0.2, 0) is 4.79 Å². The lowest BCUT2D eigenvalue weighted by Gasteiger charge is -2.03. The van der Waals surface area contributed by atoms with E-state index in [1.807, 2.05) is 0 Å². The van der Waals surface area contributed by atoms with E-state index in [2.05, 4.69) is 16.0 Å². The van der Waals surface area contributed by atoms with Gasteiger partial charge < -0.3 is 10.8 Å². The van der Waals surface area contributed by atoms with Crippen molar-refractivity contribution in [3.63, 3.8) is 0 Å². The minimum atomic E-state index is -0.981. The number of rotatable bonds is 7. The first-order chi connectivity index (χ1) is 6.18. The van der Waals surface area contributed by atoms with E-state index in [4.69, 9.17) is 16.7 Å². The predicted molar refractivity (Wildman–Crippen MR) is 55.9 cm³/mol. The van der Waals surface area contributed by atoms with Gasteiger partial charge in [-0.05, 0) is 12.8 Å². The molecule has 8 heteroatoms. The first-order valence-corrected chi connectivity index (χ1v) is 3.86. The van der Waals surface area contributed by atoms with Gasteiger partial charge in [-0.25, -0.2) is 0 Å². The lowest BCUT2D eigenvalue weighted by atomic mass is 10.2. The molecule has 7 nitrogen and oxygen atoms in total. The Kier molecular flexibility index (Phi) is 11.3. The van der Waals surface area contributed by atoms with Crippen LogP contribution in [0.25, 0.3) is 0 Å². The molecule has 0 amide bonds. The van der Waals surface area contributed by atoms with Crippen LogP contribution in [0.2, 0.25) is 0 Å². The molecule has 0 bridgehead atoms. The zero-order valence-electron chi connectivity index (χ0n) is 7.64. The van der Waals surface area contributed by atoms with Crippen LogP contribution in [0.1, 0.15) is 12.8 Å². The molecule has 0 saturated heterocycles. The Morgan fingerprint density at radius 1 is 1.64 bits per heavy atom. The molecule has 0 aliphatic heterocycles. The lowest BCUT2D eigenvalue weighted by molar-refractivity contribution is -0.138. The number of hydrogen-bond acceptors (Lipinski definition) is 5. The third-order valence-electron chi connectivity index (χ3n) is 1.36. The molecular formula is C6H16ClN5O2. The Balaban J connectivity index is 0. The molecule has 1 unspecified atom stereocenters. The fourth-order valence-electron chi connectivity index (χ4n) is 0.673. The number of nitrogens with two attached hydrogens (primary N) is 2. The highest BCUT2D eigenvalue weighted by Crippen LogP contribution is 1.94. The second-order valence-electron chi connectivity index (χ2n) is 2.41. The number of carboxylic acid groups (broad SMARTS) is 1. The van der Waals surface area contributed by atoms with Crippen LogP contribution >= 0.6 is 12.4 Å². The van der Waals surface area contributed by atoms with Crippen LogP contribution in [0, 0.1) is 0 Å². The van der Waals surface area contributed by atoms with E-state index < -0.39 is 12.0 Å². The van der Waals surface area contributed by atoms with E-state index in [-0.39, 0.29) is 12.4 Å². The summed E-state index contributed by atoms with van der Waals surface area (Å²) in [7, 11) is 0. The molecule has 1 atom stereocenters. The summed E-state index contributed by atoms with van der Waals surface area (Å²) in [5, 5.41) is 8.42. The average molecular weight is 226 g/mol. The van der Waals surface area contributed by atoms with E-state index in [0.29, 0.717) is 19.4 Å². The van der Waals surface area contributed by atoms with Crippen molar-refractivity contribution < 1.29 is 9.90 Å². The summed E-state index contributed by atoms with van der Waals surface area (Å²) in [6, 6.07) is -0.796. The van der Waals surface area contributed by atoms with Crippen molar-refractivity contribution in [2.24, 2.45) is 16.6 Å². The quantitative estimate of drug-likeness (QED) is 0.119. The molecule has 0 heterocycles. The highest BCUT2D eigenvalue weighted by molar-refractivity contribution is 5.85. The summed E-state index contributed by atoms with van der Waals surface area (Å²) in [4.78, 5) is 14.1. The van der Waals surface area contributed by atoms with Crippen molar-refractivity contribution in [1.82, 2.24) is 11.0 Å². The van der Waals surface area contributed by atoms with Crippen LogP contribution < -0.4 is 22.5 Å². The second-order valence-corrected chi connectivity index (χ2v) is 2.41. The molecule has 0 fully saturated rings. The Hall–Kier alpha value is -0.890. The van der Waals surface area contributed by atoms with Gasteiger partial charge in [-0.1, -0.05) is 0 Å². The average Bonchev–Trinajstić information content (AvgIpc) is 2.10. The summed E-state index contributed by atoms with van der Waals surface area (Å²) < 4.78 is 0. The molecule has 14 heavy (non-hydrogen) atoms. The Labute approximate surface area is 88.3 Å². The van der Waals surface area contributed by atoms with Crippen molar-refractivity contribution in [1.29, 1.82) is 0 Å². The number of carbonyl (C=O) groups is 1. The summed E-state index contributed by atoms with van der Waals surface area (Å²) in [5.41, 5.74) is 9.87. The van der Waals surface area contributed by atoms with Crippen molar-refractivity contribution in [3.05, 3.63) is 0 Å². The van der Waals surface area contributed by atoms with Gasteiger partial charge in [-0.15, -0.1) is 12.4 Å². The highest BCUT2D eigenvalue weighted by atomic mass is 35.5. The van der Waals surface area contributed by atoms with E-state index in [9.17, 15) is 4.79 Å². The van der Waals surface area contributed by atoms with Crippen LogP contribution in [0.5, 0.6) is 0 Å². The fourth-order valence-corrected chi connectivity index (χ4v) is 0.673. The van der Waals surface area contributed by atoms with Gasteiger partial charge in [-0.3, -0.25) is 21.1 Å². The van der Waals surface area contributed by atoms with Crippen LogP contribution in [0.4, 0.5) is 0 Å².